The van der Waals surface area contributed by atoms with E-state index in [-0.39, 0.29) is 12.2 Å². The van der Waals surface area contributed by atoms with Crippen LogP contribution in [-0.2, 0) is 6.61 Å². The van der Waals surface area contributed by atoms with Crippen molar-refractivity contribution in [3.63, 3.8) is 0 Å². The van der Waals surface area contributed by atoms with E-state index in [9.17, 15) is 4.79 Å². The van der Waals surface area contributed by atoms with E-state index in [1.807, 2.05) is 6.92 Å². The number of halogens is 1. The lowest BCUT2D eigenvalue weighted by atomic mass is 10.1. The van der Waals surface area contributed by atoms with Gasteiger partial charge in [-0.2, -0.15) is 0 Å². The second-order valence-electron chi connectivity index (χ2n) is 3.95. The Morgan fingerprint density at radius 2 is 2.16 bits per heavy atom. The number of carboxylic acid groups (broad SMARTS) is 1. The number of aryl methyl sites for hydroxylation is 1. The SMILES string of the molecule is Cc1ncccc1OCc1c(Cl)cccc1C(=O)O. The third-order valence-corrected chi connectivity index (χ3v) is 3.03. The molecule has 0 atom stereocenters. The monoisotopic (exact) mass is 277 g/mol. The quantitative estimate of drug-likeness (QED) is 0.931. The van der Waals surface area contributed by atoms with E-state index in [4.69, 9.17) is 21.4 Å². The van der Waals surface area contributed by atoms with Crippen molar-refractivity contribution in [1.29, 1.82) is 0 Å². The number of ether oxygens (including phenoxy) is 1. The highest BCUT2D eigenvalue weighted by molar-refractivity contribution is 6.31. The van der Waals surface area contributed by atoms with E-state index in [0.717, 1.165) is 5.69 Å². The van der Waals surface area contributed by atoms with Gasteiger partial charge in [0.05, 0.1) is 11.3 Å². The molecule has 2 rings (SSSR count). The minimum Gasteiger partial charge on any atom is -0.487 e. The van der Waals surface area contributed by atoms with Gasteiger partial charge in [-0.15, -0.1) is 0 Å². The molecule has 0 saturated heterocycles. The predicted octanol–water partition coefficient (Wildman–Crippen LogP) is 3.32. The average Bonchev–Trinajstić information content (AvgIpc) is 2.38. The molecule has 5 heteroatoms. The molecule has 1 aromatic heterocycles. The summed E-state index contributed by atoms with van der Waals surface area (Å²) in [5.41, 5.74) is 1.35. The van der Waals surface area contributed by atoms with Gasteiger partial charge < -0.3 is 9.84 Å². The highest BCUT2D eigenvalue weighted by Gasteiger charge is 2.14. The number of carboxylic acids is 1. The zero-order chi connectivity index (χ0) is 13.8. The van der Waals surface area contributed by atoms with Crippen LogP contribution in [0.5, 0.6) is 5.75 Å². The standard InChI is InChI=1S/C14H12ClNO3/c1-9-13(6-3-7-16-9)19-8-11-10(14(17)18)4-2-5-12(11)15/h2-7H,8H2,1H3,(H,17,18). The number of aromatic carboxylic acids is 1. The van der Waals surface area contributed by atoms with Crippen LogP contribution in [0.15, 0.2) is 36.5 Å². The van der Waals surface area contributed by atoms with Crippen LogP contribution < -0.4 is 4.74 Å². The van der Waals surface area contributed by atoms with Crippen LogP contribution in [0.4, 0.5) is 0 Å². The zero-order valence-corrected chi connectivity index (χ0v) is 11.0. The van der Waals surface area contributed by atoms with Crippen LogP contribution in [0.3, 0.4) is 0 Å². The minimum atomic E-state index is -1.02. The Bertz CT molecular complexity index is 613. The second kappa shape index (κ2) is 5.71. The summed E-state index contributed by atoms with van der Waals surface area (Å²) < 4.78 is 5.58. The molecule has 98 valence electrons. The topological polar surface area (TPSA) is 59.4 Å². The molecule has 0 aliphatic heterocycles. The van der Waals surface area contributed by atoms with Crippen molar-refractivity contribution in [1.82, 2.24) is 4.98 Å². The van der Waals surface area contributed by atoms with Gasteiger partial charge in [0.2, 0.25) is 0 Å². The van der Waals surface area contributed by atoms with Gasteiger partial charge in [0.25, 0.3) is 0 Å². The van der Waals surface area contributed by atoms with E-state index in [1.165, 1.54) is 6.07 Å². The molecule has 0 aliphatic rings. The van der Waals surface area contributed by atoms with Crippen LogP contribution in [0.1, 0.15) is 21.6 Å². The summed E-state index contributed by atoms with van der Waals surface area (Å²) in [4.78, 5) is 15.2. The van der Waals surface area contributed by atoms with Gasteiger partial charge in [0, 0.05) is 16.8 Å². The minimum absolute atomic E-state index is 0.0911. The van der Waals surface area contributed by atoms with Crippen LogP contribution in [0.2, 0.25) is 5.02 Å². The highest BCUT2D eigenvalue weighted by atomic mass is 35.5. The van der Waals surface area contributed by atoms with Gasteiger partial charge >= 0.3 is 5.97 Å². The number of hydrogen-bond donors (Lipinski definition) is 1. The first-order chi connectivity index (χ1) is 9.09. The maximum absolute atomic E-state index is 11.1. The summed E-state index contributed by atoms with van der Waals surface area (Å²) in [6.45, 7) is 1.91. The van der Waals surface area contributed by atoms with Gasteiger partial charge in [-0.3, -0.25) is 4.98 Å². The van der Waals surface area contributed by atoms with Crippen molar-refractivity contribution in [2.75, 3.05) is 0 Å². The van der Waals surface area contributed by atoms with Crippen LogP contribution in [0.25, 0.3) is 0 Å². The fourth-order valence-corrected chi connectivity index (χ4v) is 1.91. The van der Waals surface area contributed by atoms with Crippen LogP contribution in [-0.4, -0.2) is 16.1 Å². The Balaban J connectivity index is 2.25. The van der Waals surface area contributed by atoms with Crippen molar-refractivity contribution >= 4 is 17.6 Å². The zero-order valence-electron chi connectivity index (χ0n) is 10.3. The first kappa shape index (κ1) is 13.4. The molecule has 2 aromatic rings. The van der Waals surface area contributed by atoms with E-state index in [1.54, 1.807) is 30.5 Å². The van der Waals surface area contributed by atoms with Crippen LogP contribution in [0, 0.1) is 6.92 Å². The largest absolute Gasteiger partial charge is 0.487 e. The summed E-state index contributed by atoms with van der Waals surface area (Å²) in [6, 6.07) is 8.28. The Kier molecular flexibility index (Phi) is 4.02. The fourth-order valence-electron chi connectivity index (χ4n) is 1.68. The number of pyridine rings is 1. The van der Waals surface area contributed by atoms with Crippen molar-refractivity contribution in [2.24, 2.45) is 0 Å². The Morgan fingerprint density at radius 1 is 1.37 bits per heavy atom. The molecule has 0 radical (unpaired) electrons. The molecule has 0 unspecified atom stereocenters. The first-order valence-electron chi connectivity index (χ1n) is 5.64. The Labute approximate surface area is 115 Å². The molecule has 1 aromatic carbocycles. The van der Waals surface area contributed by atoms with Crippen molar-refractivity contribution < 1.29 is 14.6 Å². The number of hydrogen-bond acceptors (Lipinski definition) is 3. The molecule has 4 nitrogen and oxygen atoms in total. The van der Waals surface area contributed by atoms with E-state index in [0.29, 0.717) is 16.3 Å². The predicted molar refractivity (Wildman–Crippen MR) is 71.7 cm³/mol. The van der Waals surface area contributed by atoms with Crippen LogP contribution >= 0.6 is 11.6 Å². The molecule has 0 saturated carbocycles. The average molecular weight is 278 g/mol. The maximum atomic E-state index is 11.1. The molecular weight excluding hydrogens is 266 g/mol. The Morgan fingerprint density at radius 3 is 2.84 bits per heavy atom. The number of carbonyl (C=O) groups is 1. The molecular formula is C14H12ClNO3. The molecule has 0 spiro atoms. The van der Waals surface area contributed by atoms with Gasteiger partial charge in [0.1, 0.15) is 12.4 Å². The number of aromatic nitrogens is 1. The molecule has 0 amide bonds. The molecule has 0 fully saturated rings. The maximum Gasteiger partial charge on any atom is 0.336 e. The number of benzene rings is 1. The third-order valence-electron chi connectivity index (χ3n) is 2.68. The van der Waals surface area contributed by atoms with Gasteiger partial charge in [-0.05, 0) is 31.2 Å². The molecule has 1 heterocycles. The van der Waals surface area contributed by atoms with Crippen molar-refractivity contribution in [3.8, 4) is 5.75 Å². The lowest BCUT2D eigenvalue weighted by molar-refractivity contribution is 0.0694. The van der Waals surface area contributed by atoms with Gasteiger partial charge in [-0.1, -0.05) is 17.7 Å². The Hall–Kier alpha value is -2.07. The molecule has 0 bridgehead atoms. The van der Waals surface area contributed by atoms with E-state index < -0.39 is 5.97 Å². The third kappa shape index (κ3) is 3.03. The summed E-state index contributed by atoms with van der Waals surface area (Å²) in [7, 11) is 0. The normalized spacial score (nSPS) is 10.2. The summed E-state index contributed by atoms with van der Waals surface area (Å²) >= 11 is 6.02. The lowest BCUT2D eigenvalue weighted by Crippen LogP contribution is -2.07. The van der Waals surface area contributed by atoms with E-state index in [2.05, 4.69) is 4.98 Å². The smallest absolute Gasteiger partial charge is 0.336 e. The molecule has 19 heavy (non-hydrogen) atoms. The van der Waals surface area contributed by atoms with Gasteiger partial charge in [0.15, 0.2) is 0 Å². The second-order valence-corrected chi connectivity index (χ2v) is 4.35. The fraction of sp³-hybridized carbons (Fsp3) is 0.143. The highest BCUT2D eigenvalue weighted by Crippen LogP contribution is 2.23. The first-order valence-corrected chi connectivity index (χ1v) is 6.02. The van der Waals surface area contributed by atoms with Crippen molar-refractivity contribution in [3.05, 3.63) is 58.4 Å². The number of nitrogens with zero attached hydrogens (tertiary/aromatic N) is 1. The molecule has 1 N–H and O–H groups in total. The summed E-state index contributed by atoms with van der Waals surface area (Å²) in [6.07, 6.45) is 1.67. The number of rotatable bonds is 4. The summed E-state index contributed by atoms with van der Waals surface area (Å²) in [5, 5.41) is 9.49. The summed E-state index contributed by atoms with van der Waals surface area (Å²) in [5.74, 6) is -0.414. The van der Waals surface area contributed by atoms with E-state index >= 15 is 0 Å². The molecule has 0 aliphatic carbocycles. The lowest BCUT2D eigenvalue weighted by Gasteiger charge is -2.11. The van der Waals surface area contributed by atoms with Gasteiger partial charge in [-0.25, -0.2) is 4.79 Å². The van der Waals surface area contributed by atoms with Crippen molar-refractivity contribution in [2.45, 2.75) is 13.5 Å².